The molecule has 1 heterocycles. The van der Waals surface area contributed by atoms with E-state index in [0.717, 1.165) is 16.7 Å². The summed E-state index contributed by atoms with van der Waals surface area (Å²) in [6.45, 7) is 0.0260. The van der Waals surface area contributed by atoms with Gasteiger partial charge in [0.1, 0.15) is 18.7 Å². The van der Waals surface area contributed by atoms with Crippen molar-refractivity contribution in [1.82, 2.24) is 15.5 Å². The van der Waals surface area contributed by atoms with Gasteiger partial charge in [0.05, 0.1) is 11.9 Å². The molecule has 0 saturated carbocycles. The van der Waals surface area contributed by atoms with Gasteiger partial charge >= 0.3 is 12.1 Å². The number of aliphatic carboxylic acids is 1. The molecular formula is C31H33N3O7S. The lowest BCUT2D eigenvalue weighted by atomic mass is 10.0. The Kier molecular flexibility index (Phi) is 11.0. The summed E-state index contributed by atoms with van der Waals surface area (Å²) < 4.78 is 5.35. The molecule has 1 fully saturated rings. The average molecular weight is 592 g/mol. The second kappa shape index (κ2) is 15.0. The maximum atomic E-state index is 13.8. The van der Waals surface area contributed by atoms with Gasteiger partial charge in [-0.3, -0.25) is 9.59 Å². The van der Waals surface area contributed by atoms with Crippen LogP contribution in [0, 0.1) is 0 Å². The molecule has 3 amide bonds. The number of nitrogens with one attached hydrogen (secondary N) is 2. The number of rotatable bonds is 12. The van der Waals surface area contributed by atoms with Crippen LogP contribution in [0.15, 0.2) is 91.0 Å². The summed E-state index contributed by atoms with van der Waals surface area (Å²) in [5.74, 6) is -2.05. The number of carboxylic acid groups (broad SMARTS) is 1. The lowest BCUT2D eigenvalue weighted by Crippen LogP contribution is -2.57. The SMILES string of the molecule is O=C(N[C@@H](Cc1ccccc1)C(=O)N1CSC[C@H]1C(=O)N[C@@H](Cc1ccccc1)C(O)C(=O)O)OCc1ccccc1. The maximum absolute atomic E-state index is 13.8. The molecule has 1 saturated heterocycles. The Labute approximate surface area is 248 Å². The van der Waals surface area contributed by atoms with Crippen molar-refractivity contribution in [3.05, 3.63) is 108 Å². The second-order valence-corrected chi connectivity index (χ2v) is 10.9. The number of hydrogen-bond donors (Lipinski definition) is 4. The minimum atomic E-state index is -1.85. The number of amides is 3. The average Bonchev–Trinajstić information content (AvgIpc) is 3.50. The number of nitrogens with zero attached hydrogens (tertiary/aromatic N) is 1. The normalized spacial score (nSPS) is 16.6. The van der Waals surface area contributed by atoms with E-state index in [9.17, 15) is 29.4 Å². The van der Waals surface area contributed by atoms with E-state index in [-0.39, 0.29) is 31.1 Å². The van der Waals surface area contributed by atoms with Crippen LogP contribution >= 0.6 is 11.8 Å². The summed E-state index contributed by atoms with van der Waals surface area (Å²) >= 11 is 1.36. The Hall–Kier alpha value is -4.35. The van der Waals surface area contributed by atoms with Crippen LogP contribution in [0.5, 0.6) is 0 Å². The quantitative estimate of drug-likeness (QED) is 0.252. The molecule has 10 nitrogen and oxygen atoms in total. The molecule has 1 unspecified atom stereocenters. The van der Waals surface area contributed by atoms with Crippen LogP contribution < -0.4 is 10.6 Å². The topological polar surface area (TPSA) is 145 Å². The molecule has 0 bridgehead atoms. The molecule has 4 atom stereocenters. The largest absolute Gasteiger partial charge is 0.479 e. The summed E-state index contributed by atoms with van der Waals surface area (Å²) in [6.07, 6.45) is -2.36. The predicted molar refractivity (Wildman–Crippen MR) is 157 cm³/mol. The Morgan fingerprint density at radius 3 is 1.95 bits per heavy atom. The number of hydrogen-bond acceptors (Lipinski definition) is 7. The standard InChI is InChI=1S/C31H33N3O7S/c35-27(30(38)39)24(16-21-10-4-1-5-11-21)32-28(36)26-19-42-20-34(26)29(37)25(17-22-12-6-2-7-13-22)33-31(40)41-18-23-14-8-3-9-15-23/h1-15,24-27,35H,16-20H2,(H,32,36)(H,33,40)(H,38,39)/t24-,25-,26-,27?/m0/s1. The summed E-state index contributed by atoms with van der Waals surface area (Å²) in [6, 6.07) is 24.1. The number of carboxylic acids is 1. The first-order valence-electron chi connectivity index (χ1n) is 13.5. The molecule has 4 N–H and O–H groups in total. The van der Waals surface area contributed by atoms with Crippen molar-refractivity contribution in [3.63, 3.8) is 0 Å². The number of aliphatic hydroxyl groups is 1. The smallest absolute Gasteiger partial charge is 0.408 e. The fraction of sp³-hybridized carbons (Fsp3) is 0.290. The third-order valence-corrected chi connectivity index (χ3v) is 7.83. The minimum absolute atomic E-state index is 0.0260. The first kappa shape index (κ1) is 30.6. The number of thioether (sulfide) groups is 1. The van der Waals surface area contributed by atoms with E-state index in [0.29, 0.717) is 0 Å². The van der Waals surface area contributed by atoms with Gasteiger partial charge in [-0.15, -0.1) is 11.8 Å². The van der Waals surface area contributed by atoms with E-state index in [1.807, 2.05) is 60.7 Å². The van der Waals surface area contributed by atoms with Crippen LogP contribution in [0.2, 0.25) is 0 Å². The molecule has 0 aliphatic carbocycles. The van der Waals surface area contributed by atoms with Crippen LogP contribution in [-0.4, -0.2) is 74.8 Å². The number of benzene rings is 3. The highest BCUT2D eigenvalue weighted by Gasteiger charge is 2.40. The zero-order valence-electron chi connectivity index (χ0n) is 22.8. The zero-order valence-corrected chi connectivity index (χ0v) is 23.6. The highest BCUT2D eigenvalue weighted by Crippen LogP contribution is 2.23. The maximum Gasteiger partial charge on any atom is 0.408 e. The van der Waals surface area contributed by atoms with Crippen LogP contribution in [0.3, 0.4) is 0 Å². The second-order valence-electron chi connectivity index (χ2n) is 9.86. The first-order chi connectivity index (χ1) is 20.3. The molecule has 1 aliphatic rings. The monoisotopic (exact) mass is 591 g/mol. The number of carbonyl (C=O) groups is 4. The third kappa shape index (κ3) is 8.58. The van der Waals surface area contributed by atoms with Gasteiger partial charge in [0.2, 0.25) is 11.8 Å². The molecule has 0 spiro atoms. The van der Waals surface area contributed by atoms with E-state index in [4.69, 9.17) is 4.74 Å². The van der Waals surface area contributed by atoms with Gasteiger partial charge in [-0.2, -0.15) is 0 Å². The molecule has 0 aromatic heterocycles. The van der Waals surface area contributed by atoms with Crippen molar-refractivity contribution in [2.24, 2.45) is 0 Å². The predicted octanol–water partition coefficient (Wildman–Crippen LogP) is 2.60. The van der Waals surface area contributed by atoms with Crippen molar-refractivity contribution >= 4 is 35.6 Å². The van der Waals surface area contributed by atoms with Crippen molar-refractivity contribution in [2.45, 2.75) is 43.7 Å². The lowest BCUT2D eigenvalue weighted by molar-refractivity contribution is -0.149. The molecule has 0 radical (unpaired) electrons. The Morgan fingerprint density at radius 1 is 0.833 bits per heavy atom. The third-order valence-electron chi connectivity index (χ3n) is 6.81. The summed E-state index contributed by atoms with van der Waals surface area (Å²) in [5, 5.41) is 25.1. The summed E-state index contributed by atoms with van der Waals surface area (Å²) in [7, 11) is 0. The Morgan fingerprint density at radius 2 is 1.38 bits per heavy atom. The zero-order chi connectivity index (χ0) is 29.9. The molecule has 11 heteroatoms. The Balaban J connectivity index is 1.47. The molecule has 220 valence electrons. The molecule has 3 aromatic rings. The van der Waals surface area contributed by atoms with Gasteiger partial charge in [0.25, 0.3) is 0 Å². The number of alkyl carbamates (subject to hydrolysis) is 1. The van der Waals surface area contributed by atoms with Crippen LogP contribution in [0.4, 0.5) is 4.79 Å². The number of ether oxygens (including phenoxy) is 1. The van der Waals surface area contributed by atoms with Gasteiger partial charge in [-0.05, 0) is 23.1 Å². The van der Waals surface area contributed by atoms with E-state index in [1.54, 1.807) is 30.3 Å². The highest BCUT2D eigenvalue weighted by molar-refractivity contribution is 7.99. The van der Waals surface area contributed by atoms with Crippen molar-refractivity contribution < 1.29 is 34.1 Å². The minimum Gasteiger partial charge on any atom is -0.479 e. The fourth-order valence-electron chi connectivity index (χ4n) is 4.59. The van der Waals surface area contributed by atoms with Crippen LogP contribution in [0.1, 0.15) is 16.7 Å². The van der Waals surface area contributed by atoms with Gasteiger partial charge in [0.15, 0.2) is 6.10 Å². The molecule has 1 aliphatic heterocycles. The fourth-order valence-corrected chi connectivity index (χ4v) is 5.76. The molecular weight excluding hydrogens is 558 g/mol. The van der Waals surface area contributed by atoms with E-state index in [2.05, 4.69) is 10.6 Å². The van der Waals surface area contributed by atoms with Crippen molar-refractivity contribution in [1.29, 1.82) is 0 Å². The van der Waals surface area contributed by atoms with E-state index < -0.39 is 48.1 Å². The van der Waals surface area contributed by atoms with Gasteiger partial charge in [0, 0.05) is 12.2 Å². The van der Waals surface area contributed by atoms with E-state index in [1.165, 1.54) is 16.7 Å². The number of carbonyl (C=O) groups excluding carboxylic acids is 3. The highest BCUT2D eigenvalue weighted by atomic mass is 32.2. The van der Waals surface area contributed by atoms with Gasteiger partial charge in [-0.1, -0.05) is 91.0 Å². The van der Waals surface area contributed by atoms with Crippen molar-refractivity contribution in [2.75, 3.05) is 11.6 Å². The summed E-state index contributed by atoms with van der Waals surface area (Å²) in [4.78, 5) is 52.9. The van der Waals surface area contributed by atoms with E-state index >= 15 is 0 Å². The van der Waals surface area contributed by atoms with Crippen LogP contribution in [-0.2, 0) is 38.6 Å². The molecule has 3 aromatic carbocycles. The number of aliphatic hydroxyl groups excluding tert-OH is 1. The lowest BCUT2D eigenvalue weighted by Gasteiger charge is -2.30. The van der Waals surface area contributed by atoms with Gasteiger partial charge < -0.3 is 30.5 Å². The van der Waals surface area contributed by atoms with Crippen LogP contribution in [0.25, 0.3) is 0 Å². The first-order valence-corrected chi connectivity index (χ1v) is 14.6. The Bertz CT molecular complexity index is 1340. The van der Waals surface area contributed by atoms with Gasteiger partial charge in [-0.25, -0.2) is 9.59 Å². The van der Waals surface area contributed by atoms with Crippen molar-refractivity contribution in [3.8, 4) is 0 Å². The summed E-state index contributed by atoms with van der Waals surface area (Å²) in [5.41, 5.74) is 2.33. The molecule has 4 rings (SSSR count). The molecule has 42 heavy (non-hydrogen) atoms.